The van der Waals surface area contributed by atoms with Crippen molar-refractivity contribution in [3.05, 3.63) is 29.6 Å². The highest BCUT2D eigenvalue weighted by molar-refractivity contribution is 5.87. The summed E-state index contributed by atoms with van der Waals surface area (Å²) in [6, 6.07) is 4.32. The highest BCUT2D eigenvalue weighted by Crippen LogP contribution is 2.58. The number of fused-ring (bicyclic) bond motifs is 1. The van der Waals surface area contributed by atoms with Crippen molar-refractivity contribution in [1.82, 2.24) is 19.7 Å². The number of ether oxygens (including phenoxy) is 2. The fourth-order valence-corrected chi connectivity index (χ4v) is 4.78. The van der Waals surface area contributed by atoms with Crippen LogP contribution >= 0.6 is 0 Å². The average molecular weight is 449 g/mol. The number of pyridine rings is 1. The Morgan fingerprint density at radius 1 is 1.25 bits per heavy atom. The van der Waals surface area contributed by atoms with E-state index >= 15 is 0 Å². The maximum Gasteiger partial charge on any atom is 0.573 e. The molecule has 0 spiro atoms. The second kappa shape index (κ2) is 7.48. The van der Waals surface area contributed by atoms with Crippen LogP contribution in [0.2, 0.25) is 0 Å². The monoisotopic (exact) mass is 449 g/mol. The van der Waals surface area contributed by atoms with E-state index < -0.39 is 12.1 Å². The number of nitrogens with two attached hydrogens (primary N) is 1. The molecule has 0 bridgehead atoms. The minimum Gasteiger partial charge on any atom is -0.402 e. The fraction of sp³-hybridized carbons (Fsp3) is 0.545. The molecule has 32 heavy (non-hydrogen) atoms. The van der Waals surface area contributed by atoms with Crippen molar-refractivity contribution in [3.63, 3.8) is 0 Å². The summed E-state index contributed by atoms with van der Waals surface area (Å²) in [4.78, 5) is 6.31. The summed E-state index contributed by atoms with van der Waals surface area (Å²) in [6.07, 6.45) is -1.29. The Labute approximate surface area is 184 Å². The normalized spacial score (nSPS) is 23.1. The van der Waals surface area contributed by atoms with Gasteiger partial charge in [0.05, 0.1) is 30.6 Å². The first-order chi connectivity index (χ1) is 15.1. The van der Waals surface area contributed by atoms with E-state index in [2.05, 4.69) is 26.8 Å². The summed E-state index contributed by atoms with van der Waals surface area (Å²) < 4.78 is 49.4. The lowest BCUT2D eigenvalue weighted by molar-refractivity contribution is -0.274. The topological polar surface area (TPSA) is 78.4 Å². The summed E-state index contributed by atoms with van der Waals surface area (Å²) in [7, 11) is 2.17. The first-order valence-electron chi connectivity index (χ1n) is 10.8. The Kier molecular flexibility index (Phi) is 4.97. The number of nitrogens with zero attached hydrogens (tertiary/aromatic N) is 4. The third-order valence-corrected chi connectivity index (χ3v) is 6.67. The van der Waals surface area contributed by atoms with Gasteiger partial charge in [0.15, 0.2) is 11.6 Å². The number of hydrogen-bond acceptors (Lipinski definition) is 6. The number of nitrogen functional groups attached to an aromatic ring is 1. The van der Waals surface area contributed by atoms with Crippen molar-refractivity contribution in [3.8, 4) is 17.0 Å². The van der Waals surface area contributed by atoms with Gasteiger partial charge in [-0.05, 0) is 51.4 Å². The third-order valence-electron chi connectivity index (χ3n) is 6.67. The molecule has 2 fully saturated rings. The third kappa shape index (κ3) is 3.75. The number of allylic oxidation sites excluding steroid dienone is 1. The largest absolute Gasteiger partial charge is 0.573 e. The molecule has 2 aliphatic carbocycles. The molecular formula is C22H26F3N5O2. The van der Waals surface area contributed by atoms with Gasteiger partial charge >= 0.3 is 6.36 Å². The smallest absolute Gasteiger partial charge is 0.402 e. The molecule has 0 aromatic carbocycles. The lowest BCUT2D eigenvalue weighted by Crippen LogP contribution is -2.50. The van der Waals surface area contributed by atoms with E-state index in [0.29, 0.717) is 29.3 Å². The maximum absolute atomic E-state index is 12.7. The summed E-state index contributed by atoms with van der Waals surface area (Å²) in [5, 5.41) is 4.68. The molecule has 0 unspecified atom stereocenters. The van der Waals surface area contributed by atoms with Crippen LogP contribution in [0.25, 0.3) is 16.8 Å². The Balaban J connectivity index is 1.41. The molecule has 10 heteroatoms. The molecule has 3 aliphatic rings. The van der Waals surface area contributed by atoms with E-state index in [-0.39, 0.29) is 11.9 Å². The lowest BCUT2D eigenvalue weighted by atomic mass is 10.0. The molecule has 0 amide bonds. The van der Waals surface area contributed by atoms with Crippen LogP contribution in [0.4, 0.5) is 19.0 Å². The van der Waals surface area contributed by atoms with Gasteiger partial charge in [-0.1, -0.05) is 5.57 Å². The SMILES string of the molecule is CC(C)n1nc(-c2cnc(N)c(OC(F)(F)F)c2)cc1C1=C2C[C@@H](N(C)C3COC3)C[C@H]21. The molecule has 0 radical (unpaired) electrons. The van der Waals surface area contributed by atoms with E-state index in [9.17, 15) is 13.2 Å². The molecule has 2 aromatic heterocycles. The average Bonchev–Trinajstić information content (AvgIpc) is 3.04. The standard InChI is InChI=1S/C22H26F3N5O2/c1-11(2)30-18(20-15-5-13(6-16(15)20)29(3)14-9-31-10-14)7-17(28-30)12-4-19(21(26)27-8-12)32-22(23,24)25/h4,7-8,11,13-15H,5-6,9-10H2,1-3H3,(H2,26,27)/t13-,15+/m0/s1. The Hall–Kier alpha value is -2.59. The summed E-state index contributed by atoms with van der Waals surface area (Å²) in [6.45, 7) is 5.69. The zero-order chi connectivity index (χ0) is 22.8. The van der Waals surface area contributed by atoms with Crippen LogP contribution in [0.1, 0.15) is 38.4 Å². The molecule has 1 saturated heterocycles. The van der Waals surface area contributed by atoms with Crippen LogP contribution in [0.15, 0.2) is 23.9 Å². The number of likely N-dealkylation sites (N-methyl/N-ethyl adjacent to an activating group) is 1. The minimum absolute atomic E-state index is 0.103. The van der Waals surface area contributed by atoms with Crippen LogP contribution in [0.5, 0.6) is 5.75 Å². The summed E-state index contributed by atoms with van der Waals surface area (Å²) in [5.74, 6) is -0.380. The summed E-state index contributed by atoms with van der Waals surface area (Å²) >= 11 is 0. The van der Waals surface area contributed by atoms with E-state index in [1.54, 1.807) is 0 Å². The molecule has 3 heterocycles. The molecule has 2 N–H and O–H groups in total. The quantitative estimate of drug-likeness (QED) is 0.721. The Morgan fingerprint density at radius 2 is 2.00 bits per heavy atom. The summed E-state index contributed by atoms with van der Waals surface area (Å²) in [5.41, 5.74) is 10.4. The van der Waals surface area contributed by atoms with Crippen molar-refractivity contribution in [2.45, 2.75) is 51.2 Å². The first-order valence-corrected chi connectivity index (χ1v) is 10.8. The number of rotatable bonds is 6. The zero-order valence-corrected chi connectivity index (χ0v) is 18.2. The molecule has 5 rings (SSSR count). The second-order valence-electron chi connectivity index (χ2n) is 9.05. The van der Waals surface area contributed by atoms with Crippen LogP contribution in [0, 0.1) is 5.92 Å². The van der Waals surface area contributed by atoms with Gasteiger partial charge in [-0.3, -0.25) is 9.58 Å². The van der Waals surface area contributed by atoms with Gasteiger partial charge in [-0.2, -0.15) is 5.10 Å². The lowest BCUT2D eigenvalue weighted by Gasteiger charge is -2.38. The molecule has 1 saturated carbocycles. The van der Waals surface area contributed by atoms with Crippen molar-refractivity contribution in [2.75, 3.05) is 26.0 Å². The van der Waals surface area contributed by atoms with Crippen LogP contribution in [-0.2, 0) is 4.74 Å². The highest BCUT2D eigenvalue weighted by Gasteiger charge is 2.48. The predicted molar refractivity (Wildman–Crippen MR) is 113 cm³/mol. The van der Waals surface area contributed by atoms with Crippen LogP contribution in [-0.4, -0.2) is 58.4 Å². The van der Waals surface area contributed by atoms with Crippen molar-refractivity contribution >= 4 is 11.4 Å². The van der Waals surface area contributed by atoms with Gasteiger partial charge < -0.3 is 15.2 Å². The van der Waals surface area contributed by atoms with Gasteiger partial charge in [-0.15, -0.1) is 13.2 Å². The number of halogens is 3. The maximum atomic E-state index is 12.7. The Morgan fingerprint density at radius 3 is 2.56 bits per heavy atom. The van der Waals surface area contributed by atoms with E-state index in [0.717, 1.165) is 31.7 Å². The Bertz CT molecular complexity index is 1070. The minimum atomic E-state index is -4.84. The number of aromatic nitrogens is 3. The van der Waals surface area contributed by atoms with E-state index in [1.807, 2.05) is 24.6 Å². The predicted octanol–water partition coefficient (Wildman–Crippen LogP) is 3.88. The fourth-order valence-electron chi connectivity index (χ4n) is 4.78. The molecule has 2 atom stereocenters. The van der Waals surface area contributed by atoms with Crippen molar-refractivity contribution in [2.24, 2.45) is 5.92 Å². The van der Waals surface area contributed by atoms with Gasteiger partial charge in [0, 0.05) is 29.8 Å². The van der Waals surface area contributed by atoms with Gasteiger partial charge in [-0.25, -0.2) is 4.98 Å². The molecule has 7 nitrogen and oxygen atoms in total. The highest BCUT2D eigenvalue weighted by atomic mass is 19.4. The molecular weight excluding hydrogens is 423 g/mol. The van der Waals surface area contributed by atoms with Crippen molar-refractivity contribution in [1.29, 1.82) is 0 Å². The van der Waals surface area contributed by atoms with Gasteiger partial charge in [0.1, 0.15) is 0 Å². The van der Waals surface area contributed by atoms with Gasteiger partial charge in [0.2, 0.25) is 0 Å². The van der Waals surface area contributed by atoms with Crippen LogP contribution < -0.4 is 10.5 Å². The first kappa shape index (κ1) is 21.3. The van der Waals surface area contributed by atoms with E-state index in [1.165, 1.54) is 23.4 Å². The number of anilines is 1. The number of hydrogen-bond donors (Lipinski definition) is 1. The molecule has 1 aliphatic heterocycles. The van der Waals surface area contributed by atoms with Crippen molar-refractivity contribution < 1.29 is 22.6 Å². The molecule has 2 aromatic rings. The zero-order valence-electron chi connectivity index (χ0n) is 18.2. The van der Waals surface area contributed by atoms with Crippen LogP contribution in [0.3, 0.4) is 0 Å². The van der Waals surface area contributed by atoms with E-state index in [4.69, 9.17) is 10.5 Å². The second-order valence-corrected chi connectivity index (χ2v) is 9.05. The van der Waals surface area contributed by atoms with Gasteiger partial charge in [0.25, 0.3) is 0 Å². The molecule has 172 valence electrons. The number of alkyl halides is 3.